The number of hydrogen-bond donors (Lipinski definition) is 2. The fraction of sp³-hybridized carbons (Fsp3) is 0.375. The lowest BCUT2D eigenvalue weighted by molar-refractivity contribution is -0.149. The van der Waals surface area contributed by atoms with Gasteiger partial charge in [0.2, 0.25) is 0 Å². The Labute approximate surface area is 123 Å². The van der Waals surface area contributed by atoms with Gasteiger partial charge in [0.1, 0.15) is 6.04 Å². The zero-order valence-electron chi connectivity index (χ0n) is 11.9. The molecule has 1 aromatic carbocycles. The summed E-state index contributed by atoms with van der Waals surface area (Å²) >= 11 is 0. The molecule has 1 amide bonds. The summed E-state index contributed by atoms with van der Waals surface area (Å²) in [4.78, 5) is 25.7. The van der Waals surface area contributed by atoms with E-state index < -0.39 is 12.0 Å². The Kier molecular flexibility index (Phi) is 3.51. The largest absolute Gasteiger partial charge is 0.480 e. The molecule has 1 fully saturated rings. The Bertz CT molecular complexity index is 630. The fourth-order valence-corrected chi connectivity index (χ4v) is 2.84. The van der Waals surface area contributed by atoms with Gasteiger partial charge in [-0.05, 0) is 23.6 Å². The maximum Gasteiger partial charge on any atom is 0.326 e. The summed E-state index contributed by atoms with van der Waals surface area (Å²) in [5.41, 5.74) is 3.81. The van der Waals surface area contributed by atoms with Gasteiger partial charge in [0, 0.05) is 31.6 Å². The van der Waals surface area contributed by atoms with Crippen LogP contribution in [-0.2, 0) is 22.6 Å². The minimum Gasteiger partial charge on any atom is -0.480 e. The lowest BCUT2D eigenvalue weighted by Crippen LogP contribution is -2.49. The number of fused-ring (bicyclic) bond motifs is 1. The van der Waals surface area contributed by atoms with Crippen molar-refractivity contribution < 1.29 is 14.7 Å². The minimum absolute atomic E-state index is 0.159. The van der Waals surface area contributed by atoms with Gasteiger partial charge in [0.05, 0.1) is 0 Å². The SMILES string of the molecule is CC(C(=O)N1Cc2ccccc2C[C@@H]1C(=O)O)=C1CNC1. The molecule has 0 unspecified atom stereocenters. The molecule has 2 N–H and O–H groups in total. The van der Waals surface area contributed by atoms with Crippen LogP contribution in [0.3, 0.4) is 0 Å². The van der Waals surface area contributed by atoms with Crippen LogP contribution >= 0.6 is 0 Å². The number of carboxylic acid groups (broad SMARTS) is 1. The number of carbonyl (C=O) groups excluding carboxylic acids is 1. The number of carboxylic acids is 1. The summed E-state index contributed by atoms with van der Waals surface area (Å²) in [6.45, 7) is 3.60. The van der Waals surface area contributed by atoms with Gasteiger partial charge >= 0.3 is 5.97 Å². The first-order chi connectivity index (χ1) is 10.1. The molecule has 0 saturated carbocycles. The molecule has 3 rings (SSSR count). The maximum atomic E-state index is 12.6. The third kappa shape index (κ3) is 2.45. The summed E-state index contributed by atoms with van der Waals surface area (Å²) in [5, 5.41) is 12.6. The summed E-state index contributed by atoms with van der Waals surface area (Å²) in [7, 11) is 0. The van der Waals surface area contributed by atoms with Crippen LogP contribution in [0.4, 0.5) is 0 Å². The standard InChI is InChI=1S/C16H18N2O3/c1-10(13-7-17-8-13)15(19)18-9-12-5-3-2-4-11(12)6-14(18)16(20)21/h2-5,14,17H,6-9H2,1H3,(H,20,21)/t14-/m1/s1. The van der Waals surface area contributed by atoms with Gasteiger partial charge in [-0.3, -0.25) is 4.79 Å². The van der Waals surface area contributed by atoms with Crippen molar-refractivity contribution >= 4 is 11.9 Å². The number of benzene rings is 1. The van der Waals surface area contributed by atoms with Crippen LogP contribution in [0.15, 0.2) is 35.4 Å². The van der Waals surface area contributed by atoms with E-state index in [2.05, 4.69) is 5.32 Å². The number of nitrogens with zero attached hydrogens (tertiary/aromatic N) is 1. The van der Waals surface area contributed by atoms with Crippen molar-refractivity contribution in [2.45, 2.75) is 25.9 Å². The van der Waals surface area contributed by atoms with Crippen molar-refractivity contribution in [3.63, 3.8) is 0 Å². The Morgan fingerprint density at radius 2 is 1.90 bits per heavy atom. The number of nitrogens with one attached hydrogen (secondary N) is 1. The molecule has 5 nitrogen and oxygen atoms in total. The fourth-order valence-electron chi connectivity index (χ4n) is 2.84. The van der Waals surface area contributed by atoms with E-state index in [-0.39, 0.29) is 5.91 Å². The molecule has 0 aliphatic carbocycles. The van der Waals surface area contributed by atoms with E-state index in [1.807, 2.05) is 24.3 Å². The Morgan fingerprint density at radius 3 is 2.48 bits per heavy atom. The average Bonchev–Trinajstić information content (AvgIpc) is 2.43. The Hall–Kier alpha value is -2.14. The zero-order chi connectivity index (χ0) is 15.0. The monoisotopic (exact) mass is 286 g/mol. The van der Waals surface area contributed by atoms with Gasteiger partial charge < -0.3 is 15.3 Å². The highest BCUT2D eigenvalue weighted by molar-refractivity contribution is 5.96. The molecule has 2 aliphatic rings. The Morgan fingerprint density at radius 1 is 1.24 bits per heavy atom. The number of rotatable bonds is 2. The van der Waals surface area contributed by atoms with Gasteiger partial charge in [0.25, 0.3) is 5.91 Å². The first kappa shape index (κ1) is 13.8. The smallest absolute Gasteiger partial charge is 0.326 e. The summed E-state index contributed by atoms with van der Waals surface area (Å²) in [6, 6.07) is 6.94. The normalized spacial score (nSPS) is 20.5. The van der Waals surface area contributed by atoms with Crippen molar-refractivity contribution in [2.75, 3.05) is 13.1 Å². The Balaban J connectivity index is 1.92. The molecule has 0 radical (unpaired) electrons. The second-order valence-corrected chi connectivity index (χ2v) is 5.59. The average molecular weight is 286 g/mol. The number of amides is 1. The van der Waals surface area contributed by atoms with E-state index in [0.717, 1.165) is 29.8 Å². The van der Waals surface area contributed by atoms with E-state index in [4.69, 9.17) is 0 Å². The quantitative estimate of drug-likeness (QED) is 0.794. The predicted octanol–water partition coefficient (Wildman–Crippen LogP) is 0.944. The highest BCUT2D eigenvalue weighted by Crippen LogP contribution is 2.25. The van der Waals surface area contributed by atoms with Gasteiger partial charge in [-0.15, -0.1) is 0 Å². The first-order valence-electron chi connectivity index (χ1n) is 7.08. The predicted molar refractivity (Wildman–Crippen MR) is 77.7 cm³/mol. The third-order valence-electron chi connectivity index (χ3n) is 4.32. The minimum atomic E-state index is -0.942. The van der Waals surface area contributed by atoms with E-state index >= 15 is 0 Å². The molecule has 5 heteroatoms. The molecule has 1 aromatic rings. The second kappa shape index (κ2) is 5.33. The summed E-state index contributed by atoms with van der Waals surface area (Å²) in [6.07, 6.45) is 0.373. The molecule has 0 spiro atoms. The van der Waals surface area contributed by atoms with Crippen LogP contribution in [0.25, 0.3) is 0 Å². The van der Waals surface area contributed by atoms with E-state index in [0.29, 0.717) is 18.5 Å². The van der Waals surface area contributed by atoms with Crippen molar-refractivity contribution in [3.8, 4) is 0 Å². The van der Waals surface area contributed by atoms with Gasteiger partial charge in [-0.2, -0.15) is 0 Å². The van der Waals surface area contributed by atoms with Crippen LogP contribution in [0.2, 0.25) is 0 Å². The number of aliphatic carboxylic acids is 1. The van der Waals surface area contributed by atoms with Crippen LogP contribution in [0, 0.1) is 0 Å². The van der Waals surface area contributed by atoms with Gasteiger partial charge in [-0.25, -0.2) is 4.79 Å². The topological polar surface area (TPSA) is 69.6 Å². The number of carbonyl (C=O) groups is 2. The molecule has 110 valence electrons. The molecular weight excluding hydrogens is 268 g/mol. The van der Waals surface area contributed by atoms with E-state index in [9.17, 15) is 14.7 Å². The molecule has 0 aromatic heterocycles. The third-order valence-corrected chi connectivity index (χ3v) is 4.32. The second-order valence-electron chi connectivity index (χ2n) is 5.59. The van der Waals surface area contributed by atoms with Gasteiger partial charge in [-0.1, -0.05) is 24.3 Å². The molecule has 0 bridgehead atoms. The van der Waals surface area contributed by atoms with Crippen molar-refractivity contribution in [1.82, 2.24) is 10.2 Å². The summed E-state index contributed by atoms with van der Waals surface area (Å²) < 4.78 is 0. The number of hydrogen-bond acceptors (Lipinski definition) is 3. The molecule has 2 aliphatic heterocycles. The maximum absolute atomic E-state index is 12.6. The molecule has 1 saturated heterocycles. The van der Waals surface area contributed by atoms with Crippen molar-refractivity contribution in [3.05, 3.63) is 46.5 Å². The van der Waals surface area contributed by atoms with E-state index in [1.54, 1.807) is 6.92 Å². The van der Waals surface area contributed by atoms with Crippen molar-refractivity contribution in [1.29, 1.82) is 0 Å². The molecule has 2 heterocycles. The highest BCUT2D eigenvalue weighted by atomic mass is 16.4. The zero-order valence-corrected chi connectivity index (χ0v) is 11.9. The molecule has 1 atom stereocenters. The van der Waals surface area contributed by atoms with E-state index in [1.165, 1.54) is 4.90 Å². The molecular formula is C16H18N2O3. The molecule has 21 heavy (non-hydrogen) atoms. The first-order valence-corrected chi connectivity index (χ1v) is 7.08. The van der Waals surface area contributed by atoms with Crippen LogP contribution in [-0.4, -0.2) is 41.0 Å². The van der Waals surface area contributed by atoms with Gasteiger partial charge in [0.15, 0.2) is 0 Å². The van der Waals surface area contributed by atoms with Crippen LogP contribution in [0.5, 0.6) is 0 Å². The van der Waals surface area contributed by atoms with Crippen LogP contribution in [0.1, 0.15) is 18.1 Å². The van der Waals surface area contributed by atoms with Crippen LogP contribution < -0.4 is 5.32 Å². The van der Waals surface area contributed by atoms with Crippen molar-refractivity contribution in [2.24, 2.45) is 0 Å². The lowest BCUT2D eigenvalue weighted by atomic mass is 9.92. The summed E-state index contributed by atoms with van der Waals surface area (Å²) in [5.74, 6) is -1.10. The lowest BCUT2D eigenvalue weighted by Gasteiger charge is -2.35. The highest BCUT2D eigenvalue weighted by Gasteiger charge is 2.35.